The van der Waals surface area contributed by atoms with Gasteiger partial charge in [0.2, 0.25) is 0 Å². The molecule has 2 rings (SSSR count). The Kier molecular flexibility index (Phi) is 5.93. The first-order chi connectivity index (χ1) is 11.3. The Labute approximate surface area is 140 Å². The molecule has 1 aromatic heterocycles. The molecule has 0 saturated carbocycles. The molecular weight excluding hydrogens is 344 g/mol. The van der Waals surface area contributed by atoms with Gasteiger partial charge in [0.25, 0.3) is 5.91 Å². The topological polar surface area (TPSA) is 33.2 Å². The van der Waals surface area contributed by atoms with Gasteiger partial charge in [0.15, 0.2) is 0 Å². The number of benzene rings is 1. The Morgan fingerprint density at radius 2 is 1.92 bits per heavy atom. The molecule has 0 aliphatic rings. The minimum absolute atomic E-state index is 0.0260. The lowest BCUT2D eigenvalue weighted by atomic mass is 10.2. The number of hydrogen-bond donors (Lipinski definition) is 0. The van der Waals surface area contributed by atoms with Crippen molar-refractivity contribution in [1.29, 1.82) is 0 Å². The smallest absolute Gasteiger partial charge is 0.328 e. The van der Waals surface area contributed by atoms with Crippen molar-refractivity contribution in [2.75, 3.05) is 13.1 Å². The second kappa shape index (κ2) is 7.74. The van der Waals surface area contributed by atoms with Crippen LogP contribution in [-0.2, 0) is 0 Å². The van der Waals surface area contributed by atoms with Crippen molar-refractivity contribution in [2.24, 2.45) is 0 Å². The average molecular weight is 360 g/mol. The fourth-order valence-corrected chi connectivity index (χ4v) is 2.88. The quantitative estimate of drug-likeness (QED) is 0.696. The van der Waals surface area contributed by atoms with Crippen molar-refractivity contribution in [2.45, 2.75) is 25.9 Å². The Morgan fingerprint density at radius 1 is 1.25 bits per heavy atom. The van der Waals surface area contributed by atoms with Crippen LogP contribution in [0.5, 0.6) is 0 Å². The summed E-state index contributed by atoms with van der Waals surface area (Å²) in [5, 5.41) is 1.89. The molecule has 3 nitrogen and oxygen atoms in total. The predicted octanol–water partition coefficient (Wildman–Crippen LogP) is 4.75. The fourth-order valence-electron chi connectivity index (χ4n) is 2.08. The van der Waals surface area contributed by atoms with Crippen LogP contribution >= 0.6 is 11.3 Å². The van der Waals surface area contributed by atoms with Gasteiger partial charge in [-0.15, -0.1) is 11.3 Å². The molecule has 2 aromatic rings. The number of rotatable bonds is 6. The molecule has 0 bridgehead atoms. The number of hydrogen-bond acceptors (Lipinski definition) is 3. The summed E-state index contributed by atoms with van der Waals surface area (Å²) in [7, 11) is 0. The molecule has 1 aromatic carbocycles. The minimum Gasteiger partial charge on any atom is -0.328 e. The van der Waals surface area contributed by atoms with Crippen LogP contribution in [0.2, 0.25) is 0 Å². The van der Waals surface area contributed by atoms with Crippen molar-refractivity contribution in [3.05, 3.63) is 41.2 Å². The Hall–Kier alpha value is -1.96. The summed E-state index contributed by atoms with van der Waals surface area (Å²) in [6.45, 7) is 0.569. The van der Waals surface area contributed by atoms with E-state index in [1.54, 1.807) is 0 Å². The van der Waals surface area contributed by atoms with Crippen molar-refractivity contribution in [1.82, 2.24) is 9.88 Å². The largest absolute Gasteiger partial charge is 0.406 e. The van der Waals surface area contributed by atoms with Crippen LogP contribution in [0.1, 0.15) is 30.3 Å². The van der Waals surface area contributed by atoms with Gasteiger partial charge in [-0.25, -0.2) is 9.37 Å². The lowest BCUT2D eigenvalue weighted by Gasteiger charge is -2.22. The van der Waals surface area contributed by atoms with E-state index in [1.165, 1.54) is 29.6 Å². The second-order valence-electron chi connectivity index (χ2n) is 5.24. The van der Waals surface area contributed by atoms with Crippen molar-refractivity contribution >= 4 is 17.2 Å². The number of halogens is 4. The number of alkyl halides is 3. The van der Waals surface area contributed by atoms with E-state index in [-0.39, 0.29) is 12.2 Å². The van der Waals surface area contributed by atoms with Crippen LogP contribution in [0.4, 0.5) is 17.6 Å². The molecule has 1 amide bonds. The lowest BCUT2D eigenvalue weighted by Crippen LogP contribution is -2.39. The highest BCUT2D eigenvalue weighted by atomic mass is 32.1. The summed E-state index contributed by atoms with van der Waals surface area (Å²) in [5.74, 6) is -1.15. The Morgan fingerprint density at radius 3 is 2.50 bits per heavy atom. The highest BCUT2D eigenvalue weighted by Gasteiger charge is 2.33. The highest BCUT2D eigenvalue weighted by Crippen LogP contribution is 2.25. The minimum atomic E-state index is -4.46. The highest BCUT2D eigenvalue weighted by molar-refractivity contribution is 7.13. The van der Waals surface area contributed by atoms with Gasteiger partial charge in [-0.2, -0.15) is 13.2 Å². The maximum absolute atomic E-state index is 12.9. The normalized spacial score (nSPS) is 11.5. The monoisotopic (exact) mass is 360 g/mol. The maximum Gasteiger partial charge on any atom is 0.406 e. The zero-order valence-electron chi connectivity index (χ0n) is 12.9. The van der Waals surface area contributed by atoms with Gasteiger partial charge in [0.05, 0.1) is 0 Å². The molecule has 0 atom stereocenters. The van der Waals surface area contributed by atoms with E-state index in [1.807, 2.05) is 6.92 Å². The first kappa shape index (κ1) is 18.4. The van der Waals surface area contributed by atoms with Gasteiger partial charge in [-0.05, 0) is 30.7 Å². The molecule has 0 N–H and O–H groups in total. The number of nitrogens with zero attached hydrogens (tertiary/aromatic N) is 2. The summed E-state index contributed by atoms with van der Waals surface area (Å²) in [5.41, 5.74) is 0.580. The molecule has 0 unspecified atom stereocenters. The van der Waals surface area contributed by atoms with Gasteiger partial charge in [-0.3, -0.25) is 4.79 Å². The molecule has 0 fully saturated rings. The van der Waals surface area contributed by atoms with Gasteiger partial charge >= 0.3 is 6.18 Å². The number of amides is 1. The molecule has 0 saturated heterocycles. The standard InChI is InChI=1S/C16H16F4N2OS/c1-2-3-8-22(10-16(18,19)20)15(23)13-9-24-14(21-13)11-4-6-12(17)7-5-11/h4-7,9H,2-3,8,10H2,1H3. The first-order valence-corrected chi connectivity index (χ1v) is 8.25. The summed E-state index contributed by atoms with van der Waals surface area (Å²) >= 11 is 1.13. The maximum atomic E-state index is 12.9. The van der Waals surface area contributed by atoms with Crippen LogP contribution in [0, 0.1) is 5.82 Å². The zero-order valence-corrected chi connectivity index (χ0v) is 13.8. The average Bonchev–Trinajstić information content (AvgIpc) is 3.00. The molecule has 130 valence electrons. The van der Waals surface area contributed by atoms with Crippen LogP contribution in [-0.4, -0.2) is 35.1 Å². The predicted molar refractivity (Wildman–Crippen MR) is 84.4 cm³/mol. The zero-order chi connectivity index (χ0) is 17.7. The third-order valence-electron chi connectivity index (χ3n) is 3.25. The van der Waals surface area contributed by atoms with Crippen molar-refractivity contribution < 1.29 is 22.4 Å². The van der Waals surface area contributed by atoms with E-state index in [0.717, 1.165) is 16.2 Å². The van der Waals surface area contributed by atoms with E-state index >= 15 is 0 Å². The van der Waals surface area contributed by atoms with Crippen molar-refractivity contribution in [3.8, 4) is 10.6 Å². The van der Waals surface area contributed by atoms with E-state index in [4.69, 9.17) is 0 Å². The van der Waals surface area contributed by atoms with Gasteiger partial charge in [0, 0.05) is 17.5 Å². The molecular formula is C16H16F4N2OS. The summed E-state index contributed by atoms with van der Waals surface area (Å²) in [4.78, 5) is 17.2. The Bertz CT molecular complexity index is 682. The van der Waals surface area contributed by atoms with Crippen LogP contribution in [0.15, 0.2) is 29.6 Å². The van der Waals surface area contributed by atoms with E-state index in [0.29, 0.717) is 23.4 Å². The van der Waals surface area contributed by atoms with Gasteiger partial charge in [-0.1, -0.05) is 13.3 Å². The number of unbranched alkanes of at least 4 members (excludes halogenated alkanes) is 1. The van der Waals surface area contributed by atoms with E-state index < -0.39 is 24.4 Å². The van der Waals surface area contributed by atoms with Gasteiger partial charge in [0.1, 0.15) is 23.1 Å². The lowest BCUT2D eigenvalue weighted by molar-refractivity contribution is -0.140. The number of aromatic nitrogens is 1. The van der Waals surface area contributed by atoms with Crippen LogP contribution in [0.25, 0.3) is 10.6 Å². The fraction of sp³-hybridized carbons (Fsp3) is 0.375. The summed E-state index contributed by atoms with van der Waals surface area (Å²) in [6, 6.07) is 5.53. The number of carbonyl (C=O) groups excluding carboxylic acids is 1. The van der Waals surface area contributed by atoms with Gasteiger partial charge < -0.3 is 4.90 Å². The van der Waals surface area contributed by atoms with Crippen LogP contribution < -0.4 is 0 Å². The molecule has 0 spiro atoms. The van der Waals surface area contributed by atoms with E-state index in [2.05, 4.69) is 4.98 Å². The number of carbonyl (C=O) groups is 1. The molecule has 1 heterocycles. The second-order valence-corrected chi connectivity index (χ2v) is 6.10. The first-order valence-electron chi connectivity index (χ1n) is 7.37. The number of thiazole rings is 1. The molecule has 0 aliphatic carbocycles. The molecule has 24 heavy (non-hydrogen) atoms. The summed E-state index contributed by atoms with van der Waals surface area (Å²) < 4.78 is 50.9. The SMILES string of the molecule is CCCCN(CC(F)(F)F)C(=O)c1csc(-c2ccc(F)cc2)n1. The molecule has 0 aliphatic heterocycles. The summed E-state index contributed by atoms with van der Waals surface area (Å²) in [6.07, 6.45) is -3.30. The van der Waals surface area contributed by atoms with Crippen molar-refractivity contribution in [3.63, 3.8) is 0 Å². The molecule has 0 radical (unpaired) electrons. The van der Waals surface area contributed by atoms with E-state index in [9.17, 15) is 22.4 Å². The van der Waals surface area contributed by atoms with Crippen LogP contribution in [0.3, 0.4) is 0 Å². The third kappa shape index (κ3) is 5.02. The molecule has 8 heteroatoms. The Balaban J connectivity index is 2.19. The third-order valence-corrected chi connectivity index (χ3v) is 4.14.